The average molecular weight is 396 g/mol. The number of aryl methyl sites for hydroxylation is 4. The number of ketones is 1. The average Bonchev–Trinajstić information content (AvgIpc) is 2.65. The zero-order valence-electron chi connectivity index (χ0n) is 18.7. The van der Waals surface area contributed by atoms with E-state index in [1.807, 2.05) is 53.1 Å². The minimum absolute atomic E-state index is 0.134. The number of hydrogen-bond donors (Lipinski definition) is 1. The fourth-order valence-electron chi connectivity index (χ4n) is 3.60. The molecule has 29 heavy (non-hydrogen) atoms. The highest BCUT2D eigenvalue weighted by molar-refractivity contribution is 5.96. The van der Waals surface area contributed by atoms with Crippen molar-refractivity contribution in [3.8, 4) is 0 Å². The topological polar surface area (TPSA) is 62.3 Å². The summed E-state index contributed by atoms with van der Waals surface area (Å²) in [4.78, 5) is 31.1. The van der Waals surface area contributed by atoms with Crippen LogP contribution in [0.2, 0.25) is 0 Å². The van der Waals surface area contributed by atoms with Crippen molar-refractivity contribution in [1.82, 2.24) is 15.2 Å². The first-order chi connectivity index (χ1) is 13.6. The van der Waals surface area contributed by atoms with Gasteiger partial charge in [0.05, 0.1) is 0 Å². The monoisotopic (exact) mass is 395 g/mol. The maximum Gasteiger partial charge on any atom is 0.270 e. The lowest BCUT2D eigenvalue weighted by Gasteiger charge is -2.26. The lowest BCUT2D eigenvalue weighted by atomic mass is 9.92. The Labute approximate surface area is 174 Å². The van der Waals surface area contributed by atoms with E-state index in [1.54, 1.807) is 6.20 Å². The Hall–Kier alpha value is -2.53. The molecule has 0 saturated heterocycles. The zero-order valence-corrected chi connectivity index (χ0v) is 18.7. The van der Waals surface area contributed by atoms with Gasteiger partial charge in [0.25, 0.3) is 5.91 Å². The fourth-order valence-corrected chi connectivity index (χ4v) is 3.60. The van der Waals surface area contributed by atoms with E-state index in [-0.39, 0.29) is 17.7 Å². The second-order valence-corrected chi connectivity index (χ2v) is 8.08. The molecule has 1 N–H and O–H groups in total. The van der Waals surface area contributed by atoms with E-state index >= 15 is 0 Å². The molecule has 0 unspecified atom stereocenters. The van der Waals surface area contributed by atoms with E-state index in [1.165, 1.54) is 5.56 Å². The van der Waals surface area contributed by atoms with Gasteiger partial charge < -0.3 is 10.2 Å². The molecule has 5 heteroatoms. The van der Waals surface area contributed by atoms with Crippen LogP contribution in [0.4, 0.5) is 0 Å². The third kappa shape index (κ3) is 5.73. The van der Waals surface area contributed by atoms with Gasteiger partial charge in [-0.2, -0.15) is 0 Å². The van der Waals surface area contributed by atoms with Crippen LogP contribution in [0.15, 0.2) is 24.4 Å². The van der Waals surface area contributed by atoms with Gasteiger partial charge in [0.2, 0.25) is 0 Å². The maximum absolute atomic E-state index is 12.6. The minimum Gasteiger partial charge on any atom is -0.349 e. The predicted octanol–water partition coefficient (Wildman–Crippen LogP) is 3.81. The number of Topliss-reactive ketones (excluding diaryl/α,β-unsaturated/α-hetero) is 1. The summed E-state index contributed by atoms with van der Waals surface area (Å²) in [5.41, 5.74) is 6.65. The first-order valence-electron chi connectivity index (χ1n) is 10.1. The van der Waals surface area contributed by atoms with Crippen molar-refractivity contribution >= 4 is 11.7 Å². The third-order valence-electron chi connectivity index (χ3n) is 5.44. The smallest absolute Gasteiger partial charge is 0.270 e. The predicted molar refractivity (Wildman–Crippen MR) is 118 cm³/mol. The van der Waals surface area contributed by atoms with Gasteiger partial charge in [0.1, 0.15) is 5.69 Å². The number of likely N-dealkylation sites (N-methyl/N-ethyl adjacent to an activating group) is 1. The van der Waals surface area contributed by atoms with Gasteiger partial charge in [-0.05, 0) is 88.2 Å². The zero-order chi connectivity index (χ0) is 21.7. The van der Waals surface area contributed by atoms with E-state index < -0.39 is 0 Å². The summed E-state index contributed by atoms with van der Waals surface area (Å²) in [6.45, 7) is 10.4. The summed E-state index contributed by atoms with van der Waals surface area (Å²) in [6, 6.07) is 6.07. The quantitative estimate of drug-likeness (QED) is 0.691. The van der Waals surface area contributed by atoms with Gasteiger partial charge in [-0.1, -0.05) is 13.0 Å². The molecule has 156 valence electrons. The van der Waals surface area contributed by atoms with Crippen LogP contribution in [0, 0.1) is 27.7 Å². The van der Waals surface area contributed by atoms with Crippen molar-refractivity contribution in [2.24, 2.45) is 0 Å². The lowest BCUT2D eigenvalue weighted by Crippen LogP contribution is -2.42. The van der Waals surface area contributed by atoms with E-state index in [0.29, 0.717) is 18.7 Å². The SMILES string of the molecule is CCC(=O)c1cc(C)c(C[C@@H](CNC(=O)c2ncc(C)cc2C)N(C)C)c(C)c1. The lowest BCUT2D eigenvalue weighted by molar-refractivity contribution is 0.0934. The summed E-state index contributed by atoms with van der Waals surface area (Å²) in [5.74, 6) is 0.0202. The van der Waals surface area contributed by atoms with E-state index in [4.69, 9.17) is 0 Å². The van der Waals surface area contributed by atoms with Gasteiger partial charge in [-0.3, -0.25) is 14.6 Å². The van der Waals surface area contributed by atoms with Gasteiger partial charge in [0, 0.05) is 30.8 Å². The van der Waals surface area contributed by atoms with Crippen LogP contribution in [0.5, 0.6) is 0 Å². The number of carbonyl (C=O) groups is 2. The van der Waals surface area contributed by atoms with Crippen molar-refractivity contribution in [3.05, 3.63) is 63.5 Å². The number of carbonyl (C=O) groups excluding carboxylic acids is 2. The molecule has 0 saturated carbocycles. The maximum atomic E-state index is 12.6. The highest BCUT2D eigenvalue weighted by Gasteiger charge is 2.19. The Morgan fingerprint density at radius 1 is 1.03 bits per heavy atom. The summed E-state index contributed by atoms with van der Waals surface area (Å²) in [5, 5.41) is 3.04. The number of nitrogens with one attached hydrogen (secondary N) is 1. The molecule has 0 radical (unpaired) electrons. The largest absolute Gasteiger partial charge is 0.349 e. The van der Waals surface area contributed by atoms with Gasteiger partial charge >= 0.3 is 0 Å². The number of benzene rings is 1. The molecule has 1 amide bonds. The molecular formula is C24H33N3O2. The van der Waals surface area contributed by atoms with Crippen LogP contribution in [-0.2, 0) is 6.42 Å². The van der Waals surface area contributed by atoms with Crippen molar-refractivity contribution in [3.63, 3.8) is 0 Å². The summed E-state index contributed by atoms with van der Waals surface area (Å²) in [7, 11) is 4.04. The molecule has 2 aromatic rings. The molecule has 1 aromatic carbocycles. The number of hydrogen-bond acceptors (Lipinski definition) is 4. The van der Waals surface area contributed by atoms with Gasteiger partial charge in [-0.25, -0.2) is 0 Å². The first kappa shape index (κ1) is 22.8. The summed E-state index contributed by atoms with van der Waals surface area (Å²) < 4.78 is 0. The standard InChI is InChI=1S/C24H33N3O2/c1-8-22(28)19-10-16(3)21(17(4)11-19)12-20(27(6)7)14-26-24(29)23-18(5)9-15(2)13-25-23/h9-11,13,20H,8,12,14H2,1-7H3,(H,26,29)/t20-/m0/s1. The second-order valence-electron chi connectivity index (χ2n) is 8.08. The molecule has 0 aliphatic rings. The molecule has 0 aliphatic heterocycles. The molecular weight excluding hydrogens is 362 g/mol. The molecule has 1 atom stereocenters. The molecule has 0 bridgehead atoms. The molecule has 5 nitrogen and oxygen atoms in total. The van der Waals surface area contributed by atoms with Crippen molar-refractivity contribution in [1.29, 1.82) is 0 Å². The van der Waals surface area contributed by atoms with Crippen LogP contribution in [-0.4, -0.2) is 48.3 Å². The van der Waals surface area contributed by atoms with Gasteiger partial charge in [-0.15, -0.1) is 0 Å². The molecule has 0 spiro atoms. The highest BCUT2D eigenvalue weighted by Crippen LogP contribution is 2.20. The van der Waals surface area contributed by atoms with Crippen molar-refractivity contribution in [2.45, 2.75) is 53.5 Å². The molecule has 2 rings (SSSR count). The van der Waals surface area contributed by atoms with Crippen LogP contribution >= 0.6 is 0 Å². The van der Waals surface area contributed by atoms with E-state index in [0.717, 1.165) is 34.2 Å². The summed E-state index contributed by atoms with van der Waals surface area (Å²) in [6.07, 6.45) is 3.03. The van der Waals surface area contributed by atoms with E-state index in [9.17, 15) is 9.59 Å². The van der Waals surface area contributed by atoms with E-state index in [2.05, 4.69) is 29.0 Å². The van der Waals surface area contributed by atoms with Gasteiger partial charge in [0.15, 0.2) is 5.78 Å². The Balaban J connectivity index is 2.14. The van der Waals surface area contributed by atoms with Crippen LogP contribution in [0.1, 0.15) is 62.0 Å². The van der Waals surface area contributed by atoms with Crippen LogP contribution in [0.3, 0.4) is 0 Å². The Morgan fingerprint density at radius 3 is 2.17 bits per heavy atom. The highest BCUT2D eigenvalue weighted by atomic mass is 16.2. The van der Waals surface area contributed by atoms with Crippen LogP contribution in [0.25, 0.3) is 0 Å². The van der Waals surface area contributed by atoms with Crippen LogP contribution < -0.4 is 5.32 Å². The number of rotatable bonds is 8. The van der Waals surface area contributed by atoms with Crippen molar-refractivity contribution in [2.75, 3.05) is 20.6 Å². The first-order valence-corrected chi connectivity index (χ1v) is 10.1. The number of pyridine rings is 1. The number of nitrogens with zero attached hydrogens (tertiary/aromatic N) is 2. The molecule has 1 aromatic heterocycles. The Kier molecular flexibility index (Phi) is 7.68. The van der Waals surface area contributed by atoms with Crippen molar-refractivity contribution < 1.29 is 9.59 Å². The molecule has 0 aliphatic carbocycles. The second kappa shape index (κ2) is 9.79. The Morgan fingerprint density at radius 2 is 1.66 bits per heavy atom. The number of amides is 1. The minimum atomic E-state index is -0.147. The third-order valence-corrected chi connectivity index (χ3v) is 5.44. The number of aromatic nitrogens is 1. The molecule has 0 fully saturated rings. The summed E-state index contributed by atoms with van der Waals surface area (Å²) >= 11 is 0. The normalized spacial score (nSPS) is 12.1. The fraction of sp³-hybridized carbons (Fsp3) is 0.458. The molecule has 1 heterocycles. The Bertz CT molecular complexity index is 880.